The molecule has 1 aliphatic heterocycles. The molecule has 2 N–H and O–H groups in total. The molecule has 2 amide bonds. The summed E-state index contributed by atoms with van der Waals surface area (Å²) in [7, 11) is 1.30. The Balaban J connectivity index is 1.11. The Bertz CT molecular complexity index is 1980. The zero-order valence-corrected chi connectivity index (χ0v) is 28.5. The third kappa shape index (κ3) is 8.41. The molecule has 0 spiro atoms. The first-order valence-corrected chi connectivity index (χ1v) is 17.0. The number of carbonyl (C=O) groups is 3. The van der Waals surface area contributed by atoms with Gasteiger partial charge in [-0.2, -0.15) is 13.2 Å². The molecule has 5 aromatic rings. The van der Waals surface area contributed by atoms with Gasteiger partial charge in [-0.05, 0) is 90.0 Å². The Morgan fingerprint density at radius 3 is 1.90 bits per heavy atom. The Morgan fingerprint density at radius 2 is 1.31 bits per heavy atom. The van der Waals surface area contributed by atoms with Crippen molar-refractivity contribution in [3.8, 4) is 11.1 Å². The average molecular weight is 706 g/mol. The van der Waals surface area contributed by atoms with E-state index in [1.54, 1.807) is 36.4 Å². The lowest BCUT2D eigenvalue weighted by Gasteiger charge is -2.37. The number of amides is 2. The summed E-state index contributed by atoms with van der Waals surface area (Å²) in [4.78, 5) is 42.2. The van der Waals surface area contributed by atoms with Gasteiger partial charge >= 0.3 is 12.1 Å². The largest absolute Gasteiger partial charge is 0.467 e. The van der Waals surface area contributed by atoms with Crippen LogP contribution in [0.15, 0.2) is 133 Å². The zero-order chi connectivity index (χ0) is 36.7. The van der Waals surface area contributed by atoms with Crippen molar-refractivity contribution in [2.75, 3.05) is 25.5 Å². The number of alkyl halides is 3. The molecular weight excluding hydrogens is 667 g/mol. The lowest BCUT2D eigenvalue weighted by Crippen LogP contribution is -2.46. The summed E-state index contributed by atoms with van der Waals surface area (Å²) in [5.41, 5.74) is 3.79. The van der Waals surface area contributed by atoms with Crippen LogP contribution in [-0.2, 0) is 20.5 Å². The summed E-state index contributed by atoms with van der Waals surface area (Å²) in [6, 6.07) is 36.2. The third-order valence-corrected chi connectivity index (χ3v) is 9.45. The Hall–Kier alpha value is -5.74. The summed E-state index contributed by atoms with van der Waals surface area (Å²) in [6.45, 7) is 1.29. The molecule has 5 aromatic carbocycles. The van der Waals surface area contributed by atoms with Crippen LogP contribution in [0, 0.1) is 0 Å². The SMILES string of the molecule is COC(=O)C(NC(=O)C(c1ccccc1)N1CCC(c2ccc(NC(=O)c3ccccc3-c3ccc(C(F)(F)F)cc3)cc2)CC1)c1ccccc1. The van der Waals surface area contributed by atoms with Crippen LogP contribution in [0.1, 0.15) is 63.5 Å². The zero-order valence-electron chi connectivity index (χ0n) is 28.5. The van der Waals surface area contributed by atoms with E-state index in [1.165, 1.54) is 19.2 Å². The van der Waals surface area contributed by atoms with E-state index >= 15 is 0 Å². The van der Waals surface area contributed by atoms with E-state index in [4.69, 9.17) is 4.74 Å². The average Bonchev–Trinajstić information content (AvgIpc) is 3.18. The first-order valence-electron chi connectivity index (χ1n) is 17.0. The second-order valence-electron chi connectivity index (χ2n) is 12.7. The van der Waals surface area contributed by atoms with Crippen molar-refractivity contribution in [3.63, 3.8) is 0 Å². The first-order chi connectivity index (χ1) is 25.1. The highest BCUT2D eigenvalue weighted by Gasteiger charge is 2.34. The predicted octanol–water partition coefficient (Wildman–Crippen LogP) is 8.58. The minimum absolute atomic E-state index is 0.230. The van der Waals surface area contributed by atoms with Crippen LogP contribution in [0.3, 0.4) is 0 Å². The highest BCUT2D eigenvalue weighted by Crippen LogP contribution is 2.35. The number of piperidine rings is 1. The van der Waals surface area contributed by atoms with Crippen LogP contribution < -0.4 is 10.6 Å². The second kappa shape index (κ2) is 16.1. The van der Waals surface area contributed by atoms with Gasteiger partial charge in [-0.3, -0.25) is 14.5 Å². The monoisotopic (exact) mass is 705 g/mol. The molecule has 6 rings (SSSR count). The molecular formula is C42H38F3N3O4. The van der Waals surface area contributed by atoms with Gasteiger partial charge in [-0.25, -0.2) is 4.79 Å². The van der Waals surface area contributed by atoms with Crippen molar-refractivity contribution < 1.29 is 32.3 Å². The van der Waals surface area contributed by atoms with Crippen molar-refractivity contribution in [1.29, 1.82) is 0 Å². The minimum atomic E-state index is -4.45. The summed E-state index contributed by atoms with van der Waals surface area (Å²) >= 11 is 0. The van der Waals surface area contributed by atoms with Gasteiger partial charge in [-0.15, -0.1) is 0 Å². The Morgan fingerprint density at radius 1 is 0.731 bits per heavy atom. The summed E-state index contributed by atoms with van der Waals surface area (Å²) in [6.07, 6.45) is -2.86. The van der Waals surface area contributed by atoms with E-state index in [2.05, 4.69) is 15.5 Å². The van der Waals surface area contributed by atoms with Gasteiger partial charge in [0.2, 0.25) is 5.91 Å². The van der Waals surface area contributed by atoms with Crippen LogP contribution in [-0.4, -0.2) is 42.9 Å². The third-order valence-electron chi connectivity index (χ3n) is 9.45. The summed E-state index contributed by atoms with van der Waals surface area (Å²) in [5, 5.41) is 5.87. The fourth-order valence-electron chi connectivity index (χ4n) is 6.73. The number of hydrogen-bond acceptors (Lipinski definition) is 5. The molecule has 0 bridgehead atoms. The molecule has 10 heteroatoms. The van der Waals surface area contributed by atoms with Gasteiger partial charge in [0.1, 0.15) is 6.04 Å². The van der Waals surface area contributed by atoms with Gasteiger partial charge in [0.05, 0.1) is 12.7 Å². The topological polar surface area (TPSA) is 87.7 Å². The van der Waals surface area contributed by atoms with E-state index in [9.17, 15) is 27.6 Å². The lowest BCUT2D eigenvalue weighted by atomic mass is 9.88. The van der Waals surface area contributed by atoms with Gasteiger partial charge in [-0.1, -0.05) is 103 Å². The van der Waals surface area contributed by atoms with Crippen molar-refractivity contribution in [3.05, 3.63) is 161 Å². The van der Waals surface area contributed by atoms with Crippen LogP contribution in [0.2, 0.25) is 0 Å². The maximum absolute atomic E-state index is 13.9. The first kappa shape index (κ1) is 36.1. The number of esters is 1. The van der Waals surface area contributed by atoms with Crippen LogP contribution in [0.4, 0.5) is 18.9 Å². The van der Waals surface area contributed by atoms with Crippen molar-refractivity contribution in [2.45, 2.75) is 37.0 Å². The molecule has 1 aliphatic rings. The van der Waals surface area contributed by atoms with Gasteiger partial charge in [0, 0.05) is 11.3 Å². The molecule has 0 aromatic heterocycles. The summed E-state index contributed by atoms with van der Waals surface area (Å²) in [5.74, 6) is -0.978. The van der Waals surface area contributed by atoms with E-state index in [1.807, 2.05) is 72.8 Å². The van der Waals surface area contributed by atoms with Crippen molar-refractivity contribution in [1.82, 2.24) is 10.2 Å². The minimum Gasteiger partial charge on any atom is -0.467 e. The molecule has 0 aliphatic carbocycles. The molecule has 1 fully saturated rings. The number of anilines is 1. The Labute approximate surface area is 300 Å². The number of carbonyl (C=O) groups excluding carboxylic acids is 3. The number of likely N-dealkylation sites (tertiary alicyclic amines) is 1. The standard InChI is InChI=1S/C42H38F3N3O4/c1-52-41(51)37(31-10-4-2-5-11-31)47-40(50)38(32-12-6-3-7-13-32)48-26-24-29(25-27-48)28-18-22-34(23-19-28)46-39(49)36-15-9-8-14-35(36)30-16-20-33(21-17-30)42(43,44)45/h2-23,29,37-38H,24-27H2,1H3,(H,46,49)(H,47,50). The van der Waals surface area contributed by atoms with E-state index in [0.29, 0.717) is 41.0 Å². The molecule has 2 atom stereocenters. The fourth-order valence-corrected chi connectivity index (χ4v) is 6.73. The smallest absolute Gasteiger partial charge is 0.416 e. The van der Waals surface area contributed by atoms with E-state index in [0.717, 1.165) is 36.1 Å². The van der Waals surface area contributed by atoms with Crippen LogP contribution in [0.5, 0.6) is 0 Å². The number of rotatable bonds is 10. The number of methoxy groups -OCH3 is 1. The number of hydrogen-bond donors (Lipinski definition) is 2. The Kier molecular flexibility index (Phi) is 11.2. The van der Waals surface area contributed by atoms with Crippen molar-refractivity contribution >= 4 is 23.5 Å². The maximum Gasteiger partial charge on any atom is 0.416 e. The molecule has 0 saturated carbocycles. The maximum atomic E-state index is 13.9. The molecule has 7 nitrogen and oxygen atoms in total. The number of benzene rings is 5. The molecule has 1 heterocycles. The predicted molar refractivity (Wildman–Crippen MR) is 193 cm³/mol. The highest BCUT2D eigenvalue weighted by molar-refractivity contribution is 6.08. The van der Waals surface area contributed by atoms with Gasteiger partial charge in [0.25, 0.3) is 5.91 Å². The second-order valence-corrected chi connectivity index (χ2v) is 12.7. The number of ether oxygens (including phenoxy) is 1. The number of nitrogens with one attached hydrogen (secondary N) is 2. The summed E-state index contributed by atoms with van der Waals surface area (Å²) < 4.78 is 44.3. The quantitative estimate of drug-likeness (QED) is 0.142. The van der Waals surface area contributed by atoms with Gasteiger partial charge < -0.3 is 15.4 Å². The van der Waals surface area contributed by atoms with Crippen LogP contribution in [0.25, 0.3) is 11.1 Å². The highest BCUT2D eigenvalue weighted by atomic mass is 19.4. The van der Waals surface area contributed by atoms with E-state index < -0.39 is 29.8 Å². The molecule has 2 unspecified atom stereocenters. The van der Waals surface area contributed by atoms with Gasteiger partial charge in [0.15, 0.2) is 6.04 Å². The van der Waals surface area contributed by atoms with E-state index in [-0.39, 0.29) is 17.7 Å². The molecule has 1 saturated heterocycles. The normalized spacial score (nSPS) is 14.9. The lowest BCUT2D eigenvalue weighted by molar-refractivity contribution is -0.146. The molecule has 52 heavy (non-hydrogen) atoms. The van der Waals surface area contributed by atoms with Crippen molar-refractivity contribution in [2.24, 2.45) is 0 Å². The molecule has 0 radical (unpaired) electrons. The van der Waals surface area contributed by atoms with Crippen LogP contribution >= 0.6 is 0 Å². The molecule has 266 valence electrons. The number of halogens is 3. The number of nitrogens with zero attached hydrogens (tertiary/aromatic N) is 1. The fraction of sp³-hybridized carbons (Fsp3) is 0.214.